The van der Waals surface area contributed by atoms with Gasteiger partial charge in [0.2, 0.25) is 0 Å². The number of thiocarbonyl (C=S) groups is 2. The largest absolute Gasteiger partial charge is 0.508 e. The van der Waals surface area contributed by atoms with Crippen LogP contribution < -0.4 is 10.7 Å². The summed E-state index contributed by atoms with van der Waals surface area (Å²) in [6.45, 7) is 12.3. The third-order valence-electron chi connectivity index (χ3n) is 5.44. The number of phenolic OH excluding ortho intramolecular Hbond substituents is 2. The van der Waals surface area contributed by atoms with Crippen molar-refractivity contribution in [1.29, 1.82) is 0 Å². The van der Waals surface area contributed by atoms with Crippen LogP contribution in [0.5, 0.6) is 11.5 Å². The first-order valence-corrected chi connectivity index (χ1v) is 12.8. The van der Waals surface area contributed by atoms with Crippen LogP contribution >= 0.6 is 36.2 Å². The SMILES string of the molecule is CC(C)(C)c1cc(/C=C2/SC(=S)N(NC(=S)C(=O)Nc3ccc(O)cc3)C2=O)c(O)c(C(C)(C)C)c1. The molecule has 0 spiro atoms. The van der Waals surface area contributed by atoms with Crippen LogP contribution in [0.25, 0.3) is 6.08 Å². The molecule has 7 nitrogen and oxygen atoms in total. The molecule has 0 unspecified atom stereocenters. The lowest BCUT2D eigenvalue weighted by atomic mass is 9.79. The number of benzene rings is 2. The Labute approximate surface area is 225 Å². The molecule has 1 fully saturated rings. The lowest BCUT2D eigenvalue weighted by molar-refractivity contribution is -0.123. The summed E-state index contributed by atoms with van der Waals surface area (Å²) in [5.41, 5.74) is 4.86. The Bertz CT molecular complexity index is 1270. The van der Waals surface area contributed by atoms with Crippen LogP contribution in [0.3, 0.4) is 0 Å². The minimum Gasteiger partial charge on any atom is -0.508 e. The molecular weight excluding hydrogens is 515 g/mol. The van der Waals surface area contributed by atoms with Crippen molar-refractivity contribution >= 4 is 69.1 Å². The highest BCUT2D eigenvalue weighted by Gasteiger charge is 2.34. The molecule has 36 heavy (non-hydrogen) atoms. The van der Waals surface area contributed by atoms with Gasteiger partial charge in [-0.1, -0.05) is 71.6 Å². The first-order chi connectivity index (χ1) is 16.6. The number of nitrogens with one attached hydrogen (secondary N) is 2. The minimum atomic E-state index is -0.640. The van der Waals surface area contributed by atoms with E-state index in [-0.39, 0.29) is 36.5 Å². The molecule has 0 bridgehead atoms. The van der Waals surface area contributed by atoms with Gasteiger partial charge in [-0.05, 0) is 65.0 Å². The monoisotopic (exact) mass is 543 g/mol. The van der Waals surface area contributed by atoms with Crippen LogP contribution in [0.1, 0.15) is 58.2 Å². The van der Waals surface area contributed by atoms with Gasteiger partial charge in [0.15, 0.2) is 9.31 Å². The van der Waals surface area contributed by atoms with Gasteiger partial charge in [0.05, 0.1) is 4.91 Å². The predicted octanol–water partition coefficient (Wildman–Crippen LogP) is 5.36. The third kappa shape index (κ3) is 6.24. The molecule has 2 amide bonds. The van der Waals surface area contributed by atoms with Gasteiger partial charge in [0.1, 0.15) is 11.5 Å². The van der Waals surface area contributed by atoms with Crippen molar-refractivity contribution in [1.82, 2.24) is 10.4 Å². The number of aromatic hydroxyl groups is 2. The normalized spacial score (nSPS) is 15.4. The Morgan fingerprint density at radius 2 is 1.64 bits per heavy atom. The van der Waals surface area contributed by atoms with Gasteiger partial charge in [0.25, 0.3) is 11.8 Å². The molecule has 3 rings (SSSR count). The highest BCUT2D eigenvalue weighted by Crippen LogP contribution is 2.40. The second-order valence-corrected chi connectivity index (χ2v) is 12.5. The fourth-order valence-corrected chi connectivity index (χ4v) is 4.67. The smallest absolute Gasteiger partial charge is 0.285 e. The lowest BCUT2D eigenvalue weighted by Crippen LogP contribution is -2.48. The second-order valence-electron chi connectivity index (χ2n) is 10.4. The summed E-state index contributed by atoms with van der Waals surface area (Å²) >= 11 is 11.5. The molecule has 190 valence electrons. The molecule has 1 aliphatic rings. The number of thioether (sulfide) groups is 1. The molecule has 2 aromatic carbocycles. The van der Waals surface area contributed by atoms with E-state index in [4.69, 9.17) is 24.4 Å². The molecule has 0 atom stereocenters. The number of carbonyl (C=O) groups is 2. The third-order valence-corrected chi connectivity index (χ3v) is 7.02. The quantitative estimate of drug-likeness (QED) is 0.233. The Balaban J connectivity index is 1.85. The molecular formula is C26H29N3O4S3. The van der Waals surface area contributed by atoms with Crippen LogP contribution in [0.2, 0.25) is 0 Å². The summed E-state index contributed by atoms with van der Waals surface area (Å²) in [4.78, 5) is 25.6. The Morgan fingerprint density at radius 1 is 1.03 bits per heavy atom. The van der Waals surface area contributed by atoms with E-state index in [0.717, 1.165) is 27.9 Å². The molecule has 0 aromatic heterocycles. The van der Waals surface area contributed by atoms with Crippen molar-refractivity contribution in [3.63, 3.8) is 0 Å². The van der Waals surface area contributed by atoms with Crippen LogP contribution in [-0.4, -0.2) is 36.3 Å². The minimum absolute atomic E-state index is 0.0618. The first kappa shape index (κ1) is 27.6. The van der Waals surface area contributed by atoms with Crippen LogP contribution in [0.15, 0.2) is 41.3 Å². The summed E-state index contributed by atoms with van der Waals surface area (Å²) in [6, 6.07) is 9.76. The van der Waals surface area contributed by atoms with Crippen molar-refractivity contribution in [3.8, 4) is 11.5 Å². The fourth-order valence-electron chi connectivity index (χ4n) is 3.36. The van der Waals surface area contributed by atoms with Crippen molar-refractivity contribution in [2.45, 2.75) is 52.4 Å². The molecule has 2 aromatic rings. The maximum Gasteiger partial charge on any atom is 0.285 e. The number of hydrogen-bond acceptors (Lipinski definition) is 7. The van der Waals surface area contributed by atoms with Crippen molar-refractivity contribution in [3.05, 3.63) is 58.0 Å². The first-order valence-electron chi connectivity index (χ1n) is 11.1. The maximum absolute atomic E-state index is 13.1. The number of phenols is 2. The summed E-state index contributed by atoms with van der Waals surface area (Å²) in [6.07, 6.45) is 1.61. The lowest BCUT2D eigenvalue weighted by Gasteiger charge is -2.27. The number of carbonyl (C=O) groups excluding carboxylic acids is 2. The summed E-state index contributed by atoms with van der Waals surface area (Å²) in [5, 5.41) is 24.0. The van der Waals surface area contributed by atoms with Gasteiger partial charge >= 0.3 is 0 Å². The standard InChI is InChI=1S/C26H29N3O4S3/c1-25(2,3)15-11-14(20(31)18(13-15)26(4,5)6)12-19-23(33)29(24(35)36-19)28-22(34)21(32)27-16-7-9-17(30)10-8-16/h7-13,30-31H,1-6H3,(H,27,32)(H,28,34)/b19-12+. The summed E-state index contributed by atoms with van der Waals surface area (Å²) in [7, 11) is 0. The predicted molar refractivity (Wildman–Crippen MR) is 153 cm³/mol. The van der Waals surface area contributed by atoms with Crippen molar-refractivity contribution in [2.24, 2.45) is 0 Å². The zero-order chi connectivity index (χ0) is 27.0. The van der Waals surface area contributed by atoms with E-state index in [1.165, 1.54) is 24.3 Å². The number of nitrogens with zero attached hydrogens (tertiary/aromatic N) is 1. The van der Waals surface area contributed by atoms with Gasteiger partial charge < -0.3 is 15.5 Å². The number of rotatable bonds is 3. The Hall–Kier alpha value is -2.95. The molecule has 0 aliphatic carbocycles. The van der Waals surface area contributed by atoms with Gasteiger partial charge in [-0.25, -0.2) is 0 Å². The highest BCUT2D eigenvalue weighted by molar-refractivity contribution is 8.26. The van der Waals surface area contributed by atoms with E-state index < -0.39 is 11.8 Å². The van der Waals surface area contributed by atoms with Crippen LogP contribution in [0, 0.1) is 0 Å². The Morgan fingerprint density at radius 3 is 2.19 bits per heavy atom. The second kappa shape index (κ2) is 10.2. The maximum atomic E-state index is 13.1. The molecule has 0 radical (unpaired) electrons. The molecule has 0 saturated carbocycles. The van der Waals surface area contributed by atoms with E-state index in [2.05, 4.69) is 31.5 Å². The van der Waals surface area contributed by atoms with E-state index in [0.29, 0.717) is 11.3 Å². The molecule has 4 N–H and O–H groups in total. The zero-order valence-corrected chi connectivity index (χ0v) is 23.4. The molecule has 10 heteroatoms. The molecule has 1 saturated heterocycles. The average molecular weight is 544 g/mol. The Kier molecular flexibility index (Phi) is 7.83. The average Bonchev–Trinajstić information content (AvgIpc) is 3.02. The van der Waals surface area contributed by atoms with Crippen LogP contribution in [0.4, 0.5) is 5.69 Å². The summed E-state index contributed by atoms with van der Waals surface area (Å²) < 4.78 is 0.175. The van der Waals surface area contributed by atoms with Crippen LogP contribution in [-0.2, 0) is 20.4 Å². The van der Waals surface area contributed by atoms with Crippen molar-refractivity contribution in [2.75, 3.05) is 5.32 Å². The molecule has 1 aliphatic heterocycles. The van der Waals surface area contributed by atoms with Gasteiger partial charge in [0, 0.05) is 16.8 Å². The van der Waals surface area contributed by atoms with E-state index in [9.17, 15) is 19.8 Å². The van der Waals surface area contributed by atoms with Gasteiger partial charge in [-0.3, -0.25) is 15.0 Å². The van der Waals surface area contributed by atoms with E-state index in [1.807, 2.05) is 32.9 Å². The van der Waals surface area contributed by atoms with E-state index >= 15 is 0 Å². The summed E-state index contributed by atoms with van der Waals surface area (Å²) in [5.74, 6) is -0.953. The van der Waals surface area contributed by atoms with Crippen molar-refractivity contribution < 1.29 is 19.8 Å². The zero-order valence-electron chi connectivity index (χ0n) is 20.9. The van der Waals surface area contributed by atoms with E-state index in [1.54, 1.807) is 6.08 Å². The number of hydrazine groups is 1. The van der Waals surface area contributed by atoms with Gasteiger partial charge in [-0.2, -0.15) is 5.01 Å². The topological polar surface area (TPSA) is 102 Å². The van der Waals surface area contributed by atoms with Gasteiger partial charge in [-0.15, -0.1) is 0 Å². The number of anilines is 1. The highest BCUT2D eigenvalue weighted by atomic mass is 32.2. The number of hydrogen-bond donors (Lipinski definition) is 4. The molecule has 1 heterocycles. The fraction of sp³-hybridized carbons (Fsp3) is 0.308. The number of amides is 2.